The Morgan fingerprint density at radius 2 is 2.21 bits per heavy atom. The predicted molar refractivity (Wildman–Crippen MR) is 78.0 cm³/mol. The minimum Gasteiger partial charge on any atom is -0.409 e. The lowest BCUT2D eigenvalue weighted by molar-refractivity contribution is 0.315. The van der Waals surface area contributed by atoms with Gasteiger partial charge in [-0.3, -0.25) is 0 Å². The van der Waals surface area contributed by atoms with Crippen molar-refractivity contribution in [2.45, 2.75) is 19.4 Å². The van der Waals surface area contributed by atoms with Gasteiger partial charge in [-0.1, -0.05) is 5.16 Å². The van der Waals surface area contributed by atoms with Crippen LogP contribution in [-0.2, 0) is 0 Å². The summed E-state index contributed by atoms with van der Waals surface area (Å²) in [6, 6.07) is 6.54. The van der Waals surface area contributed by atoms with Crippen LogP contribution in [0.4, 0.5) is 5.69 Å². The van der Waals surface area contributed by atoms with Gasteiger partial charge >= 0.3 is 0 Å². The van der Waals surface area contributed by atoms with Gasteiger partial charge in [-0.25, -0.2) is 0 Å². The second-order valence-corrected chi connectivity index (χ2v) is 5.34. The quantitative estimate of drug-likeness (QED) is 0.372. The van der Waals surface area contributed by atoms with E-state index in [1.807, 2.05) is 12.1 Å². The van der Waals surface area contributed by atoms with Crippen LogP contribution in [0.25, 0.3) is 0 Å². The van der Waals surface area contributed by atoms with Crippen molar-refractivity contribution in [3.63, 3.8) is 0 Å². The van der Waals surface area contributed by atoms with Gasteiger partial charge in [0.1, 0.15) is 0 Å². The fourth-order valence-electron chi connectivity index (χ4n) is 2.61. The van der Waals surface area contributed by atoms with Crippen molar-refractivity contribution in [3.05, 3.63) is 29.3 Å². The van der Waals surface area contributed by atoms with E-state index < -0.39 is 0 Å². The van der Waals surface area contributed by atoms with Crippen LogP contribution in [0, 0.1) is 6.92 Å². The molecule has 1 aliphatic heterocycles. The lowest BCUT2D eigenvalue weighted by Crippen LogP contribution is -2.31. The maximum atomic E-state index is 8.70. The first-order valence-corrected chi connectivity index (χ1v) is 6.53. The Hall–Kier alpha value is -1.75. The Bertz CT molecular complexity index is 484. The first-order valence-electron chi connectivity index (χ1n) is 6.53. The van der Waals surface area contributed by atoms with E-state index in [1.54, 1.807) is 0 Å². The zero-order chi connectivity index (χ0) is 14.0. The molecule has 0 radical (unpaired) electrons. The molecule has 0 saturated carbocycles. The molecular formula is C14H22N4O. The third kappa shape index (κ3) is 2.81. The summed E-state index contributed by atoms with van der Waals surface area (Å²) >= 11 is 0. The molecule has 0 bridgehead atoms. The molecule has 5 heteroatoms. The minimum atomic E-state index is 0.155. The van der Waals surface area contributed by atoms with Crippen molar-refractivity contribution >= 4 is 11.5 Å². The van der Waals surface area contributed by atoms with Crippen LogP contribution >= 0.6 is 0 Å². The molecule has 0 aliphatic carbocycles. The van der Waals surface area contributed by atoms with E-state index in [4.69, 9.17) is 10.9 Å². The van der Waals surface area contributed by atoms with E-state index in [2.05, 4.69) is 42.0 Å². The lowest BCUT2D eigenvalue weighted by Gasteiger charge is -2.23. The van der Waals surface area contributed by atoms with Gasteiger partial charge in [-0.15, -0.1) is 0 Å². The Morgan fingerprint density at radius 1 is 1.47 bits per heavy atom. The van der Waals surface area contributed by atoms with E-state index in [-0.39, 0.29) is 5.84 Å². The SMILES string of the molecule is Cc1cc(/C(N)=N/O)ccc1N1CCC(N(C)C)C1. The highest BCUT2D eigenvalue weighted by Crippen LogP contribution is 2.26. The van der Waals surface area contributed by atoms with Crippen LogP contribution in [0.3, 0.4) is 0 Å². The van der Waals surface area contributed by atoms with Crippen molar-refractivity contribution < 1.29 is 5.21 Å². The maximum absolute atomic E-state index is 8.70. The van der Waals surface area contributed by atoms with Crippen LogP contribution in [0.2, 0.25) is 0 Å². The number of hydrogen-bond acceptors (Lipinski definition) is 4. The van der Waals surface area contributed by atoms with Crippen molar-refractivity contribution in [3.8, 4) is 0 Å². The first kappa shape index (κ1) is 13.7. The Labute approximate surface area is 114 Å². The molecule has 2 rings (SSSR count). The molecule has 1 saturated heterocycles. The number of nitrogens with zero attached hydrogens (tertiary/aromatic N) is 3. The third-order valence-electron chi connectivity index (χ3n) is 3.83. The zero-order valence-electron chi connectivity index (χ0n) is 11.8. The molecule has 104 valence electrons. The molecule has 19 heavy (non-hydrogen) atoms. The van der Waals surface area contributed by atoms with Gasteiger partial charge in [0.05, 0.1) is 0 Å². The van der Waals surface area contributed by atoms with Gasteiger partial charge in [0.25, 0.3) is 0 Å². The molecule has 1 heterocycles. The number of anilines is 1. The number of amidine groups is 1. The van der Waals surface area contributed by atoms with E-state index >= 15 is 0 Å². The summed E-state index contributed by atoms with van der Waals surface area (Å²) in [4.78, 5) is 4.68. The number of aryl methyl sites for hydroxylation is 1. The Balaban J connectivity index is 2.18. The van der Waals surface area contributed by atoms with Gasteiger partial charge in [0.15, 0.2) is 5.84 Å². The van der Waals surface area contributed by atoms with E-state index in [0.29, 0.717) is 6.04 Å². The van der Waals surface area contributed by atoms with Crippen LogP contribution in [0.5, 0.6) is 0 Å². The summed E-state index contributed by atoms with van der Waals surface area (Å²) in [5.74, 6) is 0.155. The van der Waals surface area contributed by atoms with E-state index in [1.165, 1.54) is 12.1 Å². The number of oxime groups is 1. The van der Waals surface area contributed by atoms with Crippen molar-refractivity contribution in [1.29, 1.82) is 0 Å². The fraction of sp³-hybridized carbons (Fsp3) is 0.500. The van der Waals surface area contributed by atoms with Crippen molar-refractivity contribution in [2.75, 3.05) is 32.1 Å². The summed E-state index contributed by atoms with van der Waals surface area (Å²) in [6.07, 6.45) is 1.19. The molecule has 0 aromatic heterocycles. The summed E-state index contributed by atoms with van der Waals surface area (Å²) in [5, 5.41) is 11.7. The molecule has 1 unspecified atom stereocenters. The van der Waals surface area contributed by atoms with Gasteiger partial charge in [0.2, 0.25) is 0 Å². The highest BCUT2D eigenvalue weighted by Gasteiger charge is 2.24. The monoisotopic (exact) mass is 262 g/mol. The van der Waals surface area contributed by atoms with Gasteiger partial charge < -0.3 is 20.7 Å². The topological polar surface area (TPSA) is 65.1 Å². The van der Waals surface area contributed by atoms with Gasteiger partial charge in [-0.2, -0.15) is 0 Å². The second kappa shape index (κ2) is 5.48. The molecule has 0 spiro atoms. The Morgan fingerprint density at radius 3 is 2.74 bits per heavy atom. The molecule has 0 amide bonds. The van der Waals surface area contributed by atoms with Crippen molar-refractivity contribution in [1.82, 2.24) is 4.90 Å². The van der Waals surface area contributed by atoms with Crippen LogP contribution in [0.15, 0.2) is 23.4 Å². The number of likely N-dealkylation sites (N-methyl/N-ethyl adjacent to an activating group) is 1. The number of rotatable bonds is 3. The standard InChI is InChI=1S/C14H22N4O/c1-10-8-11(14(15)16-19)4-5-13(10)18-7-6-12(9-18)17(2)3/h4-5,8,12,19H,6-7,9H2,1-3H3,(H2,15,16). The molecule has 1 fully saturated rings. The minimum absolute atomic E-state index is 0.155. The van der Waals surface area contributed by atoms with Crippen LogP contribution in [0.1, 0.15) is 17.5 Å². The number of hydrogen-bond donors (Lipinski definition) is 2. The van der Waals surface area contributed by atoms with Crippen LogP contribution in [-0.4, -0.2) is 49.2 Å². The van der Waals surface area contributed by atoms with E-state index in [9.17, 15) is 0 Å². The molecule has 1 aromatic carbocycles. The van der Waals surface area contributed by atoms with E-state index in [0.717, 1.165) is 24.2 Å². The largest absolute Gasteiger partial charge is 0.409 e. The summed E-state index contributed by atoms with van der Waals surface area (Å²) in [7, 11) is 4.26. The van der Waals surface area contributed by atoms with Crippen molar-refractivity contribution in [2.24, 2.45) is 10.9 Å². The predicted octanol–water partition coefficient (Wildman–Crippen LogP) is 1.23. The molecule has 5 nitrogen and oxygen atoms in total. The molecule has 1 aliphatic rings. The molecule has 3 N–H and O–H groups in total. The number of nitrogens with two attached hydrogens (primary N) is 1. The molecule has 1 atom stereocenters. The smallest absolute Gasteiger partial charge is 0.170 e. The first-order chi connectivity index (χ1) is 9.02. The normalized spacial score (nSPS) is 20.3. The van der Waals surface area contributed by atoms with Gasteiger partial charge in [0, 0.05) is 30.4 Å². The third-order valence-corrected chi connectivity index (χ3v) is 3.83. The maximum Gasteiger partial charge on any atom is 0.170 e. The summed E-state index contributed by atoms with van der Waals surface area (Å²) in [6.45, 7) is 4.19. The average Bonchev–Trinajstić information content (AvgIpc) is 2.87. The fourth-order valence-corrected chi connectivity index (χ4v) is 2.61. The summed E-state index contributed by atoms with van der Waals surface area (Å²) in [5.41, 5.74) is 8.76. The summed E-state index contributed by atoms with van der Waals surface area (Å²) < 4.78 is 0. The lowest BCUT2D eigenvalue weighted by atomic mass is 10.1. The van der Waals surface area contributed by atoms with Crippen LogP contribution < -0.4 is 10.6 Å². The molecular weight excluding hydrogens is 240 g/mol. The van der Waals surface area contributed by atoms with Gasteiger partial charge in [-0.05, 0) is 51.2 Å². The number of benzene rings is 1. The highest BCUT2D eigenvalue weighted by molar-refractivity contribution is 5.97. The highest BCUT2D eigenvalue weighted by atomic mass is 16.4. The average molecular weight is 262 g/mol. The second-order valence-electron chi connectivity index (χ2n) is 5.34. The Kier molecular flexibility index (Phi) is 3.95. The molecule has 1 aromatic rings. The zero-order valence-corrected chi connectivity index (χ0v) is 11.8.